The molecule has 1 aliphatic heterocycles. The van der Waals surface area contributed by atoms with Crippen LogP contribution in [-0.2, 0) is 21.6 Å². The maximum absolute atomic E-state index is 14.3. The Kier molecular flexibility index (Phi) is 6.72. The SMILES string of the molecule is N[C@@]1(c2ccc(F)cc2F)CO[C@@H](COCc2ccccc2)C[C@H]1C(O)CF. The third kappa shape index (κ3) is 4.55. The lowest BCUT2D eigenvalue weighted by atomic mass is 9.72. The molecule has 4 atom stereocenters. The molecule has 3 rings (SSSR count). The maximum atomic E-state index is 14.3. The number of ether oxygens (including phenoxy) is 2. The molecule has 4 nitrogen and oxygen atoms in total. The monoisotopic (exact) mass is 395 g/mol. The van der Waals surface area contributed by atoms with Crippen LogP contribution in [0.1, 0.15) is 17.5 Å². The highest BCUT2D eigenvalue weighted by Gasteiger charge is 2.47. The molecule has 1 fully saturated rings. The van der Waals surface area contributed by atoms with Crippen molar-refractivity contribution in [3.63, 3.8) is 0 Å². The maximum Gasteiger partial charge on any atom is 0.131 e. The molecule has 1 unspecified atom stereocenters. The normalized spacial score (nSPS) is 26.2. The Hall–Kier alpha value is -1.93. The fourth-order valence-corrected chi connectivity index (χ4v) is 3.68. The van der Waals surface area contributed by atoms with Crippen LogP contribution in [0.15, 0.2) is 48.5 Å². The van der Waals surface area contributed by atoms with Crippen molar-refractivity contribution in [3.05, 3.63) is 71.3 Å². The first-order valence-electron chi connectivity index (χ1n) is 9.15. The van der Waals surface area contributed by atoms with Gasteiger partial charge in [0.25, 0.3) is 0 Å². The van der Waals surface area contributed by atoms with Crippen LogP contribution in [0.25, 0.3) is 0 Å². The molecule has 0 aliphatic carbocycles. The zero-order valence-electron chi connectivity index (χ0n) is 15.4. The summed E-state index contributed by atoms with van der Waals surface area (Å²) in [5, 5.41) is 10.2. The van der Waals surface area contributed by atoms with Gasteiger partial charge in [0, 0.05) is 17.5 Å². The summed E-state index contributed by atoms with van der Waals surface area (Å²) < 4.78 is 52.3. The highest BCUT2D eigenvalue weighted by Crippen LogP contribution is 2.39. The molecule has 1 saturated heterocycles. The number of hydrogen-bond acceptors (Lipinski definition) is 4. The average molecular weight is 395 g/mol. The van der Waals surface area contributed by atoms with E-state index in [1.165, 1.54) is 6.07 Å². The van der Waals surface area contributed by atoms with Crippen molar-refractivity contribution in [2.45, 2.75) is 30.8 Å². The van der Waals surface area contributed by atoms with Crippen molar-refractivity contribution in [1.29, 1.82) is 0 Å². The quantitative estimate of drug-likeness (QED) is 0.756. The van der Waals surface area contributed by atoms with Crippen LogP contribution in [0, 0.1) is 17.6 Å². The Labute approximate surface area is 162 Å². The van der Waals surface area contributed by atoms with Gasteiger partial charge in [0.15, 0.2) is 0 Å². The molecule has 0 saturated carbocycles. The van der Waals surface area contributed by atoms with E-state index in [2.05, 4.69) is 0 Å². The predicted molar refractivity (Wildman–Crippen MR) is 98.2 cm³/mol. The molecule has 1 aliphatic rings. The van der Waals surface area contributed by atoms with Crippen LogP contribution in [0.3, 0.4) is 0 Å². The van der Waals surface area contributed by atoms with E-state index < -0.39 is 42.0 Å². The van der Waals surface area contributed by atoms with Gasteiger partial charge in [-0.2, -0.15) is 0 Å². The number of aliphatic hydroxyl groups excluding tert-OH is 1. The number of aliphatic hydroxyl groups is 1. The molecule has 0 spiro atoms. The smallest absolute Gasteiger partial charge is 0.131 e. The Morgan fingerprint density at radius 1 is 1.21 bits per heavy atom. The van der Waals surface area contributed by atoms with Gasteiger partial charge in [0.05, 0.1) is 37.6 Å². The molecule has 0 bridgehead atoms. The van der Waals surface area contributed by atoms with Crippen molar-refractivity contribution in [2.24, 2.45) is 11.7 Å². The summed E-state index contributed by atoms with van der Waals surface area (Å²) in [5.41, 5.74) is 5.90. The molecule has 3 N–H and O–H groups in total. The summed E-state index contributed by atoms with van der Waals surface area (Å²) in [5.74, 6) is -2.39. The van der Waals surface area contributed by atoms with Crippen molar-refractivity contribution >= 4 is 0 Å². The molecule has 1 heterocycles. The summed E-state index contributed by atoms with van der Waals surface area (Å²) in [6.07, 6.45) is -1.63. The number of alkyl halides is 1. The summed E-state index contributed by atoms with van der Waals surface area (Å²) in [4.78, 5) is 0. The first kappa shape index (κ1) is 20.8. The lowest BCUT2D eigenvalue weighted by Gasteiger charge is -2.45. The lowest BCUT2D eigenvalue weighted by molar-refractivity contribution is -0.124. The van der Waals surface area contributed by atoms with Crippen molar-refractivity contribution in [3.8, 4) is 0 Å². The number of hydrogen-bond donors (Lipinski definition) is 2. The van der Waals surface area contributed by atoms with E-state index in [-0.39, 0.29) is 25.2 Å². The lowest BCUT2D eigenvalue weighted by Crippen LogP contribution is -2.58. The van der Waals surface area contributed by atoms with Gasteiger partial charge in [0.2, 0.25) is 0 Å². The van der Waals surface area contributed by atoms with E-state index in [4.69, 9.17) is 15.2 Å². The summed E-state index contributed by atoms with van der Waals surface area (Å²) >= 11 is 0. The minimum atomic E-state index is -1.47. The Morgan fingerprint density at radius 3 is 2.64 bits per heavy atom. The molecule has 0 aromatic heterocycles. The Morgan fingerprint density at radius 2 is 1.96 bits per heavy atom. The van der Waals surface area contributed by atoms with Gasteiger partial charge < -0.3 is 20.3 Å². The molecule has 0 amide bonds. The Balaban J connectivity index is 1.71. The van der Waals surface area contributed by atoms with Gasteiger partial charge in [0.1, 0.15) is 18.3 Å². The van der Waals surface area contributed by atoms with Crippen molar-refractivity contribution < 1.29 is 27.8 Å². The van der Waals surface area contributed by atoms with Crippen LogP contribution in [0.5, 0.6) is 0 Å². The molecule has 0 radical (unpaired) electrons. The molecule has 7 heteroatoms. The predicted octanol–water partition coefficient (Wildman–Crippen LogP) is 3.07. The standard InChI is InChI=1S/C21H24F3NO3/c22-10-20(26)18-9-16(12-27-11-14-4-2-1-3-5-14)28-13-21(18,25)17-7-6-15(23)8-19(17)24/h1-8,16,18,20,26H,9-13,25H2/t16-,18+,20?,21-/m1/s1. The first-order chi connectivity index (χ1) is 13.4. The van der Waals surface area contributed by atoms with Gasteiger partial charge in [-0.3, -0.25) is 0 Å². The molecule has 28 heavy (non-hydrogen) atoms. The third-order valence-corrected chi connectivity index (χ3v) is 5.21. The van der Waals surface area contributed by atoms with Crippen LogP contribution < -0.4 is 5.73 Å². The Bertz CT molecular complexity index is 777. The second kappa shape index (κ2) is 9.05. The fraction of sp³-hybridized carbons (Fsp3) is 0.429. The molecular weight excluding hydrogens is 371 g/mol. The molecule has 2 aromatic carbocycles. The third-order valence-electron chi connectivity index (χ3n) is 5.21. The van der Waals surface area contributed by atoms with E-state index in [0.717, 1.165) is 17.7 Å². The van der Waals surface area contributed by atoms with Crippen molar-refractivity contribution in [1.82, 2.24) is 0 Å². The first-order valence-corrected chi connectivity index (χ1v) is 9.15. The number of rotatable bonds is 7. The van der Waals surface area contributed by atoms with Gasteiger partial charge in [-0.05, 0) is 18.1 Å². The second-order valence-electron chi connectivity index (χ2n) is 7.16. The number of benzene rings is 2. The van der Waals surface area contributed by atoms with Crippen LogP contribution >= 0.6 is 0 Å². The number of nitrogens with two attached hydrogens (primary N) is 1. The average Bonchev–Trinajstić information content (AvgIpc) is 2.69. The molecule has 152 valence electrons. The summed E-state index contributed by atoms with van der Waals surface area (Å²) in [7, 11) is 0. The van der Waals surface area contributed by atoms with Gasteiger partial charge in [-0.15, -0.1) is 0 Å². The van der Waals surface area contributed by atoms with E-state index in [1.807, 2.05) is 30.3 Å². The minimum Gasteiger partial charge on any atom is -0.390 e. The highest BCUT2D eigenvalue weighted by atomic mass is 19.1. The van der Waals surface area contributed by atoms with E-state index in [9.17, 15) is 18.3 Å². The van der Waals surface area contributed by atoms with Crippen LogP contribution in [0.2, 0.25) is 0 Å². The second-order valence-corrected chi connectivity index (χ2v) is 7.16. The zero-order valence-corrected chi connectivity index (χ0v) is 15.4. The van der Waals surface area contributed by atoms with Crippen LogP contribution in [0.4, 0.5) is 13.2 Å². The largest absolute Gasteiger partial charge is 0.390 e. The van der Waals surface area contributed by atoms with Crippen LogP contribution in [-0.4, -0.2) is 37.2 Å². The summed E-state index contributed by atoms with van der Waals surface area (Å²) in [6.45, 7) is -0.551. The fourth-order valence-electron chi connectivity index (χ4n) is 3.68. The van der Waals surface area contributed by atoms with Gasteiger partial charge in [-0.1, -0.05) is 36.4 Å². The highest BCUT2D eigenvalue weighted by molar-refractivity contribution is 5.29. The topological polar surface area (TPSA) is 64.7 Å². The summed E-state index contributed by atoms with van der Waals surface area (Å²) in [6, 6.07) is 12.6. The van der Waals surface area contributed by atoms with Crippen molar-refractivity contribution in [2.75, 3.05) is 19.9 Å². The van der Waals surface area contributed by atoms with E-state index >= 15 is 0 Å². The number of halogens is 3. The van der Waals surface area contributed by atoms with Gasteiger partial charge >= 0.3 is 0 Å². The molecular formula is C21H24F3NO3. The minimum absolute atomic E-state index is 0.00458. The van der Waals surface area contributed by atoms with Gasteiger partial charge in [-0.25, -0.2) is 13.2 Å². The van der Waals surface area contributed by atoms with E-state index in [0.29, 0.717) is 6.61 Å². The molecule has 2 aromatic rings. The van der Waals surface area contributed by atoms with E-state index in [1.54, 1.807) is 0 Å². The zero-order chi connectivity index (χ0) is 20.1.